The Kier molecular flexibility index (Phi) is 4.68. The highest BCUT2D eigenvalue weighted by atomic mass is 16.5. The zero-order chi connectivity index (χ0) is 11.1. The first-order valence-electron chi connectivity index (χ1n) is 5.19. The standard InChI is InChI=1S/C12H15O3/c1-2-3-6-9-15-11-8-5-4-7-10(11)12(13)14/h4-5,7-8H,2-3,6,9H2,1H3. The first-order chi connectivity index (χ1) is 7.25. The molecule has 0 aliphatic heterocycles. The fourth-order valence-electron chi connectivity index (χ4n) is 1.30. The second kappa shape index (κ2) is 6.06. The minimum Gasteiger partial charge on any atom is -0.493 e. The number of rotatable bonds is 6. The molecule has 0 fully saturated rings. The van der Waals surface area contributed by atoms with E-state index >= 15 is 0 Å². The quantitative estimate of drug-likeness (QED) is 0.673. The SMILES string of the molecule is CCCCCOc1ccccc1C([O])=O. The van der Waals surface area contributed by atoms with Gasteiger partial charge in [-0.2, -0.15) is 0 Å². The average molecular weight is 207 g/mol. The van der Waals surface area contributed by atoms with Crippen LogP contribution < -0.4 is 4.74 Å². The molecule has 0 aromatic heterocycles. The molecule has 81 valence electrons. The predicted molar refractivity (Wildman–Crippen MR) is 56.5 cm³/mol. The van der Waals surface area contributed by atoms with Crippen molar-refractivity contribution in [2.75, 3.05) is 6.61 Å². The van der Waals surface area contributed by atoms with Gasteiger partial charge in [0.15, 0.2) is 0 Å². The molecule has 0 aliphatic carbocycles. The lowest BCUT2D eigenvalue weighted by molar-refractivity contribution is 0.0568. The molecule has 0 saturated carbocycles. The molecule has 0 spiro atoms. The first-order valence-corrected chi connectivity index (χ1v) is 5.19. The van der Waals surface area contributed by atoms with E-state index in [-0.39, 0.29) is 5.56 Å². The highest BCUT2D eigenvalue weighted by Gasteiger charge is 2.11. The second-order valence-corrected chi connectivity index (χ2v) is 3.34. The molecular formula is C12H15O3. The maximum atomic E-state index is 10.7. The van der Waals surface area contributed by atoms with E-state index in [9.17, 15) is 9.90 Å². The largest absolute Gasteiger partial charge is 0.493 e. The number of carbonyl (C=O) groups is 1. The molecule has 0 atom stereocenters. The summed E-state index contributed by atoms with van der Waals surface area (Å²) < 4.78 is 5.38. The molecule has 0 saturated heterocycles. The van der Waals surface area contributed by atoms with E-state index < -0.39 is 5.97 Å². The molecular weight excluding hydrogens is 192 g/mol. The Labute approximate surface area is 89.7 Å². The summed E-state index contributed by atoms with van der Waals surface area (Å²) in [6.45, 7) is 2.66. The Morgan fingerprint density at radius 1 is 1.27 bits per heavy atom. The van der Waals surface area contributed by atoms with Crippen molar-refractivity contribution in [1.29, 1.82) is 0 Å². The lowest BCUT2D eigenvalue weighted by Gasteiger charge is -2.07. The van der Waals surface area contributed by atoms with Gasteiger partial charge in [0.05, 0.1) is 6.61 Å². The number of para-hydroxylation sites is 1. The van der Waals surface area contributed by atoms with Crippen molar-refractivity contribution in [2.45, 2.75) is 26.2 Å². The van der Waals surface area contributed by atoms with E-state index in [0.717, 1.165) is 19.3 Å². The van der Waals surface area contributed by atoms with Gasteiger partial charge in [0, 0.05) is 0 Å². The summed E-state index contributed by atoms with van der Waals surface area (Å²) in [5.74, 6) is -0.797. The third-order valence-electron chi connectivity index (χ3n) is 2.11. The molecule has 0 amide bonds. The summed E-state index contributed by atoms with van der Waals surface area (Å²) in [7, 11) is 0. The summed E-state index contributed by atoms with van der Waals surface area (Å²) in [4.78, 5) is 10.7. The number of hydrogen-bond donors (Lipinski definition) is 0. The molecule has 0 bridgehead atoms. The summed E-state index contributed by atoms with van der Waals surface area (Å²) >= 11 is 0. The van der Waals surface area contributed by atoms with Crippen LogP contribution in [0.4, 0.5) is 0 Å². The van der Waals surface area contributed by atoms with Crippen LogP contribution in [0.25, 0.3) is 0 Å². The van der Waals surface area contributed by atoms with Crippen LogP contribution >= 0.6 is 0 Å². The van der Waals surface area contributed by atoms with Crippen molar-refractivity contribution in [3.05, 3.63) is 29.8 Å². The van der Waals surface area contributed by atoms with Gasteiger partial charge in [-0.25, -0.2) is 9.90 Å². The van der Waals surface area contributed by atoms with Crippen LogP contribution in [0.15, 0.2) is 24.3 Å². The van der Waals surface area contributed by atoms with Gasteiger partial charge >= 0.3 is 5.97 Å². The average Bonchev–Trinajstić information content (AvgIpc) is 2.25. The van der Waals surface area contributed by atoms with E-state index in [2.05, 4.69) is 6.92 Å². The highest BCUT2D eigenvalue weighted by molar-refractivity contribution is 5.90. The van der Waals surface area contributed by atoms with Crippen LogP contribution in [0.3, 0.4) is 0 Å². The van der Waals surface area contributed by atoms with Crippen LogP contribution in [-0.2, 0) is 5.11 Å². The molecule has 3 heteroatoms. The Hall–Kier alpha value is -1.51. The molecule has 0 N–H and O–H groups in total. The maximum absolute atomic E-state index is 10.7. The normalized spacial score (nSPS) is 9.93. The van der Waals surface area contributed by atoms with Crippen LogP contribution in [0, 0.1) is 0 Å². The molecule has 1 rings (SSSR count). The number of hydrogen-bond acceptors (Lipinski definition) is 2. The summed E-state index contributed by atoms with van der Waals surface area (Å²) in [5.41, 5.74) is 0.119. The summed E-state index contributed by atoms with van der Waals surface area (Å²) in [5, 5.41) is 10.7. The first kappa shape index (κ1) is 11.6. The number of benzene rings is 1. The van der Waals surface area contributed by atoms with Gasteiger partial charge in [0.1, 0.15) is 11.3 Å². The van der Waals surface area contributed by atoms with Crippen LogP contribution in [0.1, 0.15) is 36.5 Å². The third kappa shape index (κ3) is 3.62. The third-order valence-corrected chi connectivity index (χ3v) is 2.11. The second-order valence-electron chi connectivity index (χ2n) is 3.34. The topological polar surface area (TPSA) is 46.2 Å². The molecule has 0 aliphatic rings. The minimum absolute atomic E-state index is 0.119. The van der Waals surface area contributed by atoms with Crippen molar-refractivity contribution in [2.24, 2.45) is 0 Å². The van der Waals surface area contributed by atoms with E-state index in [1.54, 1.807) is 18.2 Å². The summed E-state index contributed by atoms with van der Waals surface area (Å²) in [6, 6.07) is 6.55. The fraction of sp³-hybridized carbons (Fsp3) is 0.417. The molecule has 1 radical (unpaired) electrons. The molecule has 1 aromatic rings. The molecule has 3 nitrogen and oxygen atoms in total. The number of carbonyl (C=O) groups excluding carboxylic acids is 1. The van der Waals surface area contributed by atoms with Gasteiger partial charge in [-0.15, -0.1) is 0 Å². The number of ether oxygens (including phenoxy) is 1. The van der Waals surface area contributed by atoms with Crippen molar-refractivity contribution >= 4 is 5.97 Å². The highest BCUT2D eigenvalue weighted by Crippen LogP contribution is 2.18. The lowest BCUT2D eigenvalue weighted by Crippen LogP contribution is -2.03. The zero-order valence-electron chi connectivity index (χ0n) is 8.86. The Balaban J connectivity index is 2.56. The molecule has 15 heavy (non-hydrogen) atoms. The molecule has 1 aromatic carbocycles. The van der Waals surface area contributed by atoms with Gasteiger partial charge in [0.2, 0.25) is 0 Å². The number of unbranched alkanes of at least 4 members (excludes halogenated alkanes) is 2. The van der Waals surface area contributed by atoms with Gasteiger partial charge in [-0.3, -0.25) is 0 Å². The monoisotopic (exact) mass is 207 g/mol. The fourth-order valence-corrected chi connectivity index (χ4v) is 1.30. The molecule has 0 unspecified atom stereocenters. The van der Waals surface area contributed by atoms with Crippen molar-refractivity contribution < 1.29 is 14.6 Å². The van der Waals surface area contributed by atoms with Crippen molar-refractivity contribution in [3.63, 3.8) is 0 Å². The van der Waals surface area contributed by atoms with E-state index in [0.29, 0.717) is 12.4 Å². The van der Waals surface area contributed by atoms with Gasteiger partial charge in [0.25, 0.3) is 0 Å². The minimum atomic E-state index is -1.19. The van der Waals surface area contributed by atoms with Gasteiger partial charge in [-0.05, 0) is 18.6 Å². The van der Waals surface area contributed by atoms with E-state index in [4.69, 9.17) is 4.74 Å². The van der Waals surface area contributed by atoms with Gasteiger partial charge in [-0.1, -0.05) is 31.9 Å². The summed E-state index contributed by atoms with van der Waals surface area (Å²) in [6.07, 6.45) is 3.15. The lowest BCUT2D eigenvalue weighted by atomic mass is 10.2. The predicted octanol–water partition coefficient (Wildman–Crippen LogP) is 2.83. The maximum Gasteiger partial charge on any atom is 0.390 e. The smallest absolute Gasteiger partial charge is 0.390 e. The van der Waals surface area contributed by atoms with Crippen LogP contribution in [0.5, 0.6) is 5.75 Å². The van der Waals surface area contributed by atoms with E-state index in [1.165, 1.54) is 6.07 Å². The van der Waals surface area contributed by atoms with Crippen molar-refractivity contribution in [3.8, 4) is 5.75 Å². The molecule has 0 heterocycles. The van der Waals surface area contributed by atoms with Crippen LogP contribution in [0.2, 0.25) is 0 Å². The Bertz CT molecular complexity index is 320. The van der Waals surface area contributed by atoms with Crippen molar-refractivity contribution in [1.82, 2.24) is 0 Å². The Morgan fingerprint density at radius 3 is 2.67 bits per heavy atom. The van der Waals surface area contributed by atoms with Gasteiger partial charge < -0.3 is 4.74 Å². The van der Waals surface area contributed by atoms with Crippen LogP contribution in [-0.4, -0.2) is 12.6 Å². The van der Waals surface area contributed by atoms with E-state index in [1.807, 2.05) is 0 Å². The Morgan fingerprint density at radius 2 is 2.00 bits per heavy atom. The zero-order valence-corrected chi connectivity index (χ0v) is 8.86.